The van der Waals surface area contributed by atoms with Gasteiger partial charge in [0.05, 0.1) is 0 Å². The summed E-state index contributed by atoms with van der Waals surface area (Å²) in [6.45, 7) is 0. The maximum absolute atomic E-state index is 7.81. The van der Waals surface area contributed by atoms with Gasteiger partial charge in [-0.25, -0.2) is 0 Å². The molecule has 0 aromatic rings. The van der Waals surface area contributed by atoms with E-state index < -0.39 is 0 Å². The van der Waals surface area contributed by atoms with E-state index >= 15 is 0 Å². The van der Waals surface area contributed by atoms with Crippen molar-refractivity contribution in [3.63, 3.8) is 0 Å². The van der Waals surface area contributed by atoms with Gasteiger partial charge in [0.2, 0.25) is 0 Å². The van der Waals surface area contributed by atoms with Crippen LogP contribution in [0, 0.1) is 0 Å². The molecule has 0 aromatic carbocycles. The van der Waals surface area contributed by atoms with Crippen LogP contribution in [0.4, 0.5) is 0 Å². The Morgan fingerprint density at radius 1 is 1.25 bits per heavy atom. The van der Waals surface area contributed by atoms with E-state index in [2.05, 4.69) is 15.9 Å². The molecule has 0 radical (unpaired) electrons. The Hall–Kier alpha value is 2.46. The van der Waals surface area contributed by atoms with Gasteiger partial charge in [-0.3, -0.25) is 0 Å². The summed E-state index contributed by atoms with van der Waals surface area (Å²) in [6, 6.07) is 0. The molecule has 0 N–H and O–H groups in total. The monoisotopic (exact) mass is 333 g/mol. The van der Waals surface area contributed by atoms with Crippen LogP contribution in [0.25, 0.3) is 0 Å². The fourth-order valence-corrected chi connectivity index (χ4v) is 0. The van der Waals surface area contributed by atoms with Crippen molar-refractivity contribution in [2.75, 3.05) is 0 Å². The molecule has 0 aliphatic rings. The van der Waals surface area contributed by atoms with Crippen molar-refractivity contribution >= 4 is 63.9 Å². The molecule has 0 saturated heterocycles. The zero-order chi connectivity index (χ0) is 2.00. The Bertz CT molecular complexity index is 8.00. The van der Waals surface area contributed by atoms with E-state index in [1.165, 1.54) is 0 Å². The van der Waals surface area contributed by atoms with Gasteiger partial charge >= 0.3 is 83.7 Å². The molecule has 0 atom stereocenters. The molecule has 1 nitrogen and oxygen atoms in total. The van der Waals surface area contributed by atoms with Crippen LogP contribution >= 0.6 is 0 Å². The molecule has 0 fully saturated rings. The number of hydrogen-bond acceptors (Lipinski definition) is 1. The van der Waals surface area contributed by atoms with E-state index in [1.807, 2.05) is 0 Å². The normalized spacial score (nSPS) is 1.50. The van der Waals surface area contributed by atoms with E-state index in [1.54, 1.807) is 0 Å². The van der Waals surface area contributed by atoms with E-state index in [4.69, 9.17) is 3.83 Å². The molecule has 0 spiro atoms. The molecule has 0 aliphatic carbocycles. The molecular weight excluding hydrogens is 329 g/mol. The molecule has 0 aliphatic heterocycles. The van der Waals surface area contributed by atoms with Crippen molar-refractivity contribution in [3.8, 4) is 0 Å². The van der Waals surface area contributed by atoms with Crippen molar-refractivity contribution in [1.29, 1.82) is 0 Å². The van der Waals surface area contributed by atoms with Gasteiger partial charge in [-0.05, 0) is 0 Å². The Balaban J connectivity index is -0.00000000500. The second-order valence-corrected chi connectivity index (χ2v) is 0. The van der Waals surface area contributed by atoms with Gasteiger partial charge < -0.3 is 0 Å². The van der Waals surface area contributed by atoms with Crippen molar-refractivity contribution in [1.82, 2.24) is 0 Å². The summed E-state index contributed by atoms with van der Waals surface area (Å²) in [4.78, 5) is 0. The molecule has 4 heavy (non-hydrogen) atoms. The Labute approximate surface area is 82.0 Å². The van der Waals surface area contributed by atoms with E-state index in [0.717, 1.165) is 0 Å². The van der Waals surface area contributed by atoms with Crippen LogP contribution in [0.1, 0.15) is 0 Å². The van der Waals surface area contributed by atoms with E-state index in [0.29, 0.717) is 0 Å². The summed E-state index contributed by atoms with van der Waals surface area (Å²) in [7, 11) is 0. The number of rotatable bonds is 0. The topological polar surface area (TPSA) is 17.1 Å². The average Bonchev–Trinajstić information content (AvgIpc) is 1.00. The van der Waals surface area contributed by atoms with Crippen molar-refractivity contribution in [3.05, 3.63) is 0 Å². The zero-order valence-corrected chi connectivity index (χ0v) is 7.86. The molecule has 0 saturated carbocycles. The fraction of sp³-hybridized carbons (Fsp3) is 0. The summed E-state index contributed by atoms with van der Waals surface area (Å²) in [5.41, 5.74) is 0. The van der Waals surface area contributed by atoms with Gasteiger partial charge in [0, 0.05) is 0 Å². The van der Waals surface area contributed by atoms with Gasteiger partial charge in [-0.1, -0.05) is 0 Å². The van der Waals surface area contributed by atoms with Crippen LogP contribution < -0.4 is 0 Å². The second-order valence-electron chi connectivity index (χ2n) is 0. The molecule has 0 heterocycles. The average molecular weight is 334 g/mol. The third-order valence-electron chi connectivity index (χ3n) is 0. The minimum absolute atomic E-state index is 0. The van der Waals surface area contributed by atoms with Gasteiger partial charge in [0.15, 0.2) is 0 Å². The third-order valence-corrected chi connectivity index (χ3v) is 0. The SMILES string of the molecule is [BiH3].[CaH2].[O]=[Cu]. The molecule has 0 bridgehead atoms. The molecule has 29 valence electrons. The van der Waals surface area contributed by atoms with Crippen LogP contribution in [0.15, 0.2) is 0 Å². The molecule has 0 amide bonds. The molecule has 0 unspecified atom stereocenters. The minimum atomic E-state index is 0. The summed E-state index contributed by atoms with van der Waals surface area (Å²) in [5, 5.41) is 0. The van der Waals surface area contributed by atoms with Crippen LogP contribution in [0.5, 0.6) is 0 Å². The molecule has 4 heteroatoms. The first-order valence-corrected chi connectivity index (χ1v) is 0.508. The Kier molecular flexibility index (Phi) is 72.1. The van der Waals surface area contributed by atoms with E-state index in [-0.39, 0.29) is 63.9 Å². The van der Waals surface area contributed by atoms with Crippen molar-refractivity contribution in [2.24, 2.45) is 0 Å². The van der Waals surface area contributed by atoms with Gasteiger partial charge in [-0.15, -0.1) is 0 Å². The van der Waals surface area contributed by atoms with Crippen LogP contribution in [0.3, 0.4) is 0 Å². The first kappa shape index (κ1) is 16.1. The van der Waals surface area contributed by atoms with Crippen molar-refractivity contribution < 1.29 is 19.8 Å². The first-order valence-electron chi connectivity index (χ1n) is 0.123. The Morgan fingerprint density at radius 3 is 1.25 bits per heavy atom. The third kappa shape index (κ3) is 8.82. The predicted octanol–water partition coefficient (Wildman–Crippen LogP) is -2.22. The maximum atomic E-state index is 7.81. The van der Waals surface area contributed by atoms with Crippen LogP contribution in [-0.4, -0.2) is 63.9 Å². The molecule has 0 aromatic heterocycles. The van der Waals surface area contributed by atoms with Gasteiger partial charge in [0.1, 0.15) is 0 Å². The van der Waals surface area contributed by atoms with Gasteiger partial charge in [-0.2, -0.15) is 0 Å². The summed E-state index contributed by atoms with van der Waals surface area (Å²) < 4.78 is 7.81. The predicted molar refractivity (Wildman–Crippen MR) is 19.2 cm³/mol. The summed E-state index contributed by atoms with van der Waals surface area (Å²) in [5.74, 6) is 0. The molecule has 0 rings (SSSR count). The molecular formula is H5BiCaCuO. The van der Waals surface area contributed by atoms with Crippen molar-refractivity contribution in [2.45, 2.75) is 0 Å². The first-order chi connectivity index (χ1) is 1.00. The summed E-state index contributed by atoms with van der Waals surface area (Å²) in [6.07, 6.45) is 0. The van der Waals surface area contributed by atoms with E-state index in [9.17, 15) is 0 Å². The van der Waals surface area contributed by atoms with Gasteiger partial charge in [0.25, 0.3) is 0 Å². The number of hydrogen-bond donors (Lipinski definition) is 0. The van der Waals surface area contributed by atoms with Crippen LogP contribution in [0.2, 0.25) is 0 Å². The standard InChI is InChI=1S/Bi.Ca.Cu.O.5H. The second kappa shape index (κ2) is 17.9. The zero-order valence-electron chi connectivity index (χ0n) is 1.42. The summed E-state index contributed by atoms with van der Waals surface area (Å²) >= 11 is 2.94. The fourth-order valence-electron chi connectivity index (χ4n) is 0. The quantitative estimate of drug-likeness (QED) is 0.459. The Morgan fingerprint density at radius 2 is 1.25 bits per heavy atom. The van der Waals surface area contributed by atoms with Crippen LogP contribution in [-0.2, 0) is 19.8 Å².